The van der Waals surface area contributed by atoms with E-state index in [9.17, 15) is 14.7 Å². The lowest BCUT2D eigenvalue weighted by molar-refractivity contribution is -0.113. The van der Waals surface area contributed by atoms with Crippen LogP contribution in [0.15, 0.2) is 70.6 Å². The monoisotopic (exact) mass is 449 g/mol. The number of carbonyl (C=O) groups excluding carboxylic acids is 1. The molecule has 2 aromatic heterocycles. The van der Waals surface area contributed by atoms with Gasteiger partial charge in [-0.15, -0.1) is 0 Å². The molecule has 4 aromatic rings. The quantitative estimate of drug-likeness (QED) is 0.317. The van der Waals surface area contributed by atoms with E-state index in [0.717, 1.165) is 11.4 Å². The van der Waals surface area contributed by atoms with Gasteiger partial charge in [0.1, 0.15) is 5.82 Å². The number of thioether (sulfide) groups is 1. The van der Waals surface area contributed by atoms with E-state index in [1.807, 2.05) is 43.3 Å². The molecule has 0 bridgehead atoms. The van der Waals surface area contributed by atoms with Crippen LogP contribution < -0.4 is 10.9 Å². The van der Waals surface area contributed by atoms with E-state index in [2.05, 4.69) is 15.4 Å². The minimum Gasteiger partial charge on any atom is -0.396 e. The Hall–Kier alpha value is -3.43. The number of hydrogen-bond acceptors (Lipinski definition) is 6. The SMILES string of the molecule is Cc1cc(NC(=O)CSc2nc3ccccc3c(=O)n2CCCO)n(-c2ccccc2)n1. The second-order valence-electron chi connectivity index (χ2n) is 7.20. The van der Waals surface area contributed by atoms with E-state index in [0.29, 0.717) is 34.8 Å². The number of aryl methyl sites for hydroxylation is 1. The zero-order valence-corrected chi connectivity index (χ0v) is 18.4. The minimum absolute atomic E-state index is 0.0350. The molecule has 0 radical (unpaired) electrons. The van der Waals surface area contributed by atoms with Gasteiger partial charge in [0.15, 0.2) is 5.16 Å². The summed E-state index contributed by atoms with van der Waals surface area (Å²) < 4.78 is 3.21. The molecule has 0 unspecified atom stereocenters. The Morgan fingerprint density at radius 2 is 1.88 bits per heavy atom. The highest BCUT2D eigenvalue weighted by Crippen LogP contribution is 2.20. The molecule has 8 nitrogen and oxygen atoms in total. The fraction of sp³-hybridized carbons (Fsp3) is 0.217. The maximum atomic E-state index is 12.9. The van der Waals surface area contributed by atoms with Crippen molar-refractivity contribution in [3.05, 3.63) is 76.7 Å². The Kier molecular flexibility index (Phi) is 6.67. The molecule has 0 atom stereocenters. The first kappa shape index (κ1) is 21.8. The summed E-state index contributed by atoms with van der Waals surface area (Å²) >= 11 is 1.19. The normalized spacial score (nSPS) is 11.1. The second kappa shape index (κ2) is 9.80. The van der Waals surface area contributed by atoms with Gasteiger partial charge in [0.05, 0.1) is 28.0 Å². The molecule has 0 fully saturated rings. The number of amides is 1. The number of nitrogens with one attached hydrogen (secondary N) is 1. The average molecular weight is 450 g/mol. The summed E-state index contributed by atoms with van der Waals surface area (Å²) in [5.41, 5.74) is 2.03. The number of aromatic nitrogens is 4. The van der Waals surface area contributed by atoms with Crippen molar-refractivity contribution in [2.45, 2.75) is 25.0 Å². The van der Waals surface area contributed by atoms with E-state index in [-0.39, 0.29) is 23.8 Å². The average Bonchev–Trinajstić information content (AvgIpc) is 3.17. The van der Waals surface area contributed by atoms with Gasteiger partial charge in [-0.3, -0.25) is 14.2 Å². The number of aliphatic hydroxyl groups is 1. The summed E-state index contributed by atoms with van der Waals surface area (Å²) in [6.07, 6.45) is 0.426. The lowest BCUT2D eigenvalue weighted by Gasteiger charge is -2.13. The van der Waals surface area contributed by atoms with Gasteiger partial charge in [0.25, 0.3) is 5.56 Å². The van der Waals surface area contributed by atoms with E-state index >= 15 is 0 Å². The van der Waals surface area contributed by atoms with Crippen LogP contribution in [0, 0.1) is 6.92 Å². The smallest absolute Gasteiger partial charge is 0.262 e. The van der Waals surface area contributed by atoms with E-state index in [4.69, 9.17) is 0 Å². The molecule has 0 aliphatic carbocycles. The first-order valence-electron chi connectivity index (χ1n) is 10.2. The Morgan fingerprint density at radius 3 is 2.66 bits per heavy atom. The Balaban J connectivity index is 1.54. The van der Waals surface area contributed by atoms with Gasteiger partial charge in [-0.25, -0.2) is 9.67 Å². The van der Waals surface area contributed by atoms with Gasteiger partial charge >= 0.3 is 0 Å². The van der Waals surface area contributed by atoms with Crippen LogP contribution in [0.3, 0.4) is 0 Å². The molecule has 0 aliphatic rings. The van der Waals surface area contributed by atoms with Crippen LogP contribution in [0.5, 0.6) is 0 Å². The summed E-state index contributed by atoms with van der Waals surface area (Å²) in [7, 11) is 0. The topological polar surface area (TPSA) is 102 Å². The number of benzene rings is 2. The molecule has 0 saturated carbocycles. The van der Waals surface area contributed by atoms with Crippen LogP contribution in [0.1, 0.15) is 12.1 Å². The van der Waals surface area contributed by atoms with Crippen molar-refractivity contribution < 1.29 is 9.90 Å². The van der Waals surface area contributed by atoms with E-state index in [1.165, 1.54) is 16.3 Å². The van der Waals surface area contributed by atoms with E-state index in [1.54, 1.807) is 28.9 Å². The predicted molar refractivity (Wildman–Crippen MR) is 125 cm³/mol. The van der Waals surface area contributed by atoms with Gasteiger partial charge < -0.3 is 10.4 Å². The van der Waals surface area contributed by atoms with Crippen LogP contribution >= 0.6 is 11.8 Å². The molecule has 0 saturated heterocycles. The standard InChI is InChI=1S/C23H23N5O3S/c1-16-14-20(28(26-16)17-8-3-2-4-9-17)25-21(30)15-32-23-24-19-11-6-5-10-18(19)22(31)27(23)12-7-13-29/h2-6,8-11,14,29H,7,12-13,15H2,1H3,(H,25,30). The predicted octanol–water partition coefficient (Wildman–Crippen LogP) is 3.00. The second-order valence-corrected chi connectivity index (χ2v) is 8.14. The van der Waals surface area contributed by atoms with E-state index < -0.39 is 0 Å². The highest BCUT2D eigenvalue weighted by molar-refractivity contribution is 7.99. The first-order valence-corrected chi connectivity index (χ1v) is 11.2. The van der Waals surface area contributed by atoms with Crippen LogP contribution in [0.25, 0.3) is 16.6 Å². The summed E-state index contributed by atoms with van der Waals surface area (Å²) in [5.74, 6) is 0.412. The molecule has 9 heteroatoms. The minimum atomic E-state index is -0.233. The fourth-order valence-electron chi connectivity index (χ4n) is 3.35. The zero-order valence-electron chi connectivity index (χ0n) is 17.6. The first-order chi connectivity index (χ1) is 15.6. The molecule has 4 rings (SSSR count). The van der Waals surface area contributed by atoms with Crippen LogP contribution in [0.2, 0.25) is 0 Å². The van der Waals surface area contributed by atoms with Gasteiger partial charge in [-0.05, 0) is 37.6 Å². The molecule has 0 aliphatic heterocycles. The van der Waals surface area contributed by atoms with Gasteiger partial charge in [0.2, 0.25) is 5.91 Å². The molecule has 32 heavy (non-hydrogen) atoms. The van der Waals surface area contributed by atoms with Crippen molar-refractivity contribution in [3.8, 4) is 5.69 Å². The molecule has 1 amide bonds. The summed E-state index contributed by atoms with van der Waals surface area (Å²) in [5, 5.41) is 17.5. The van der Waals surface area contributed by atoms with Gasteiger partial charge in [0, 0.05) is 19.2 Å². The van der Waals surface area contributed by atoms with Crippen LogP contribution in [-0.4, -0.2) is 42.7 Å². The summed E-state index contributed by atoms with van der Waals surface area (Å²) in [4.78, 5) is 30.2. The summed E-state index contributed by atoms with van der Waals surface area (Å²) in [6, 6.07) is 18.5. The third-order valence-electron chi connectivity index (χ3n) is 4.80. The van der Waals surface area contributed by atoms with Crippen LogP contribution in [0.4, 0.5) is 5.82 Å². The number of rotatable bonds is 8. The fourth-order valence-corrected chi connectivity index (χ4v) is 4.17. The molecule has 2 heterocycles. The molecule has 2 N–H and O–H groups in total. The van der Waals surface area contributed by atoms with Crippen LogP contribution in [-0.2, 0) is 11.3 Å². The molecule has 2 aromatic carbocycles. The van der Waals surface area contributed by atoms with Gasteiger partial charge in [-0.2, -0.15) is 5.10 Å². The highest BCUT2D eigenvalue weighted by atomic mass is 32.2. The third kappa shape index (κ3) is 4.74. The van der Waals surface area contributed by atoms with Crippen molar-refractivity contribution in [3.63, 3.8) is 0 Å². The van der Waals surface area contributed by atoms with Crippen molar-refractivity contribution in [2.75, 3.05) is 17.7 Å². The Labute approximate surface area is 188 Å². The number of carbonyl (C=O) groups is 1. The van der Waals surface area contributed by atoms with Crippen molar-refractivity contribution in [1.82, 2.24) is 19.3 Å². The summed E-state index contributed by atoms with van der Waals surface area (Å²) in [6.45, 7) is 2.16. The number of nitrogens with zero attached hydrogens (tertiary/aromatic N) is 4. The number of fused-ring (bicyclic) bond motifs is 1. The highest BCUT2D eigenvalue weighted by Gasteiger charge is 2.15. The lowest BCUT2D eigenvalue weighted by atomic mass is 10.2. The van der Waals surface area contributed by atoms with Gasteiger partial charge in [-0.1, -0.05) is 42.1 Å². The largest absolute Gasteiger partial charge is 0.396 e. The van der Waals surface area contributed by atoms with Crippen molar-refractivity contribution in [2.24, 2.45) is 0 Å². The molecular formula is C23H23N5O3S. The number of hydrogen-bond donors (Lipinski definition) is 2. The number of para-hydroxylation sites is 2. The molecule has 164 valence electrons. The van der Waals surface area contributed by atoms with Crippen molar-refractivity contribution >= 4 is 34.4 Å². The lowest BCUT2D eigenvalue weighted by Crippen LogP contribution is -2.25. The molecular weight excluding hydrogens is 426 g/mol. The zero-order chi connectivity index (χ0) is 22.5. The third-order valence-corrected chi connectivity index (χ3v) is 5.77. The number of anilines is 1. The van der Waals surface area contributed by atoms with Crippen molar-refractivity contribution in [1.29, 1.82) is 0 Å². The maximum absolute atomic E-state index is 12.9. The Bertz CT molecular complexity index is 1300. The number of aliphatic hydroxyl groups excluding tert-OH is 1. The maximum Gasteiger partial charge on any atom is 0.262 e. The Morgan fingerprint density at radius 1 is 1.12 bits per heavy atom. The molecule has 0 spiro atoms.